The van der Waals surface area contributed by atoms with Crippen LogP contribution in [0.15, 0.2) is 54.6 Å². The predicted molar refractivity (Wildman–Crippen MR) is 142 cm³/mol. The van der Waals surface area contributed by atoms with Crippen LogP contribution < -0.4 is 0 Å². The van der Waals surface area contributed by atoms with E-state index in [9.17, 15) is 0 Å². The molecule has 2 aromatic rings. The largest absolute Gasteiger partial charge is 0.331 e. The molecule has 0 fully saturated rings. The van der Waals surface area contributed by atoms with Crippen LogP contribution >= 0.6 is 0 Å². The van der Waals surface area contributed by atoms with E-state index >= 15 is 0 Å². The first kappa shape index (κ1) is 26.7. The number of hydrogen-bond acceptors (Lipinski definition) is 0. The number of hydrogen-bond donors (Lipinski definition) is 0. The van der Waals surface area contributed by atoms with Crippen LogP contribution in [0.2, 0.25) is 0 Å². The Balaban J connectivity index is 1.71. The zero-order chi connectivity index (χ0) is 23.4. The van der Waals surface area contributed by atoms with Crippen LogP contribution in [0.3, 0.4) is 0 Å². The Labute approximate surface area is 199 Å². The van der Waals surface area contributed by atoms with E-state index in [0.717, 1.165) is 16.3 Å². The molecule has 0 saturated heterocycles. The summed E-state index contributed by atoms with van der Waals surface area (Å²) < 4.78 is 1.03. The van der Waals surface area contributed by atoms with Crippen LogP contribution in [-0.4, -0.2) is 32.2 Å². The van der Waals surface area contributed by atoms with E-state index in [1.165, 1.54) is 81.0 Å². The third-order valence-electron chi connectivity index (χ3n) is 7.31. The van der Waals surface area contributed by atoms with Crippen LogP contribution in [0.25, 0.3) is 0 Å². The maximum atomic E-state index is 2.43. The second-order valence-electron chi connectivity index (χ2n) is 11.1. The van der Waals surface area contributed by atoms with Gasteiger partial charge in [-0.05, 0) is 53.7 Å². The Kier molecular flexibility index (Phi) is 11.5. The summed E-state index contributed by atoms with van der Waals surface area (Å²) in [6, 6.07) is 20.6. The summed E-state index contributed by atoms with van der Waals surface area (Å²) >= 11 is 0. The van der Waals surface area contributed by atoms with Gasteiger partial charge in [-0.1, -0.05) is 107 Å². The predicted octanol–water partition coefficient (Wildman–Crippen LogP) is 8.60. The third-order valence-corrected chi connectivity index (χ3v) is 7.31. The summed E-state index contributed by atoms with van der Waals surface area (Å²) in [5.41, 5.74) is 4.52. The van der Waals surface area contributed by atoms with Gasteiger partial charge in [-0.3, -0.25) is 0 Å². The molecule has 0 saturated carbocycles. The van der Waals surface area contributed by atoms with Gasteiger partial charge in [-0.25, -0.2) is 0 Å². The average Bonchev–Trinajstić information content (AvgIpc) is 2.79. The van der Waals surface area contributed by atoms with Gasteiger partial charge in [0, 0.05) is 6.42 Å². The Morgan fingerprint density at radius 2 is 1.38 bits per heavy atom. The van der Waals surface area contributed by atoms with Gasteiger partial charge in [0.15, 0.2) is 0 Å². The Hall–Kier alpha value is -1.60. The summed E-state index contributed by atoms with van der Waals surface area (Å²) in [6.45, 7) is 8.34. The highest BCUT2D eigenvalue weighted by Crippen LogP contribution is 2.30. The van der Waals surface area contributed by atoms with Crippen molar-refractivity contribution < 1.29 is 4.48 Å². The maximum absolute atomic E-state index is 2.43. The molecule has 3 atom stereocenters. The quantitative estimate of drug-likeness (QED) is 0.194. The molecule has 32 heavy (non-hydrogen) atoms. The topological polar surface area (TPSA) is 0 Å². The summed E-state index contributed by atoms with van der Waals surface area (Å²) in [7, 11) is 6.81. The molecule has 1 heteroatoms. The minimum atomic E-state index is 0.662. The lowest BCUT2D eigenvalue weighted by Gasteiger charge is -2.24. The van der Waals surface area contributed by atoms with E-state index < -0.39 is 0 Å². The van der Waals surface area contributed by atoms with E-state index in [2.05, 4.69) is 96.5 Å². The summed E-state index contributed by atoms with van der Waals surface area (Å²) in [6.07, 6.45) is 11.9. The van der Waals surface area contributed by atoms with Crippen molar-refractivity contribution in [2.45, 2.75) is 90.4 Å². The van der Waals surface area contributed by atoms with Crippen molar-refractivity contribution in [3.05, 3.63) is 71.3 Å². The third kappa shape index (κ3) is 9.90. The molecule has 3 unspecified atom stereocenters. The first-order valence-electron chi connectivity index (χ1n) is 13.3. The molecule has 2 rings (SSSR count). The van der Waals surface area contributed by atoms with Crippen LogP contribution in [0.4, 0.5) is 0 Å². The zero-order valence-corrected chi connectivity index (χ0v) is 21.9. The van der Waals surface area contributed by atoms with E-state index in [4.69, 9.17) is 0 Å². The van der Waals surface area contributed by atoms with Crippen molar-refractivity contribution in [3.63, 3.8) is 0 Å². The molecule has 0 amide bonds. The molecule has 1 nitrogen and oxygen atoms in total. The highest BCUT2D eigenvalue weighted by molar-refractivity contribution is 5.25. The number of unbranched alkanes of at least 4 members (excludes halogenated alkanes) is 2. The van der Waals surface area contributed by atoms with E-state index in [1.807, 2.05) is 0 Å². The number of quaternary nitrogens is 1. The van der Waals surface area contributed by atoms with Gasteiger partial charge in [0.25, 0.3) is 0 Å². The highest BCUT2D eigenvalue weighted by atomic mass is 15.3. The average molecular weight is 437 g/mol. The van der Waals surface area contributed by atoms with Gasteiger partial charge in [-0.15, -0.1) is 0 Å². The van der Waals surface area contributed by atoms with Gasteiger partial charge >= 0.3 is 0 Å². The van der Waals surface area contributed by atoms with Crippen LogP contribution in [-0.2, 0) is 6.42 Å². The Morgan fingerprint density at radius 3 is 1.97 bits per heavy atom. The van der Waals surface area contributed by atoms with Crippen molar-refractivity contribution in [2.75, 3.05) is 27.7 Å². The van der Waals surface area contributed by atoms with Crippen molar-refractivity contribution in [1.82, 2.24) is 0 Å². The van der Waals surface area contributed by atoms with Crippen molar-refractivity contribution >= 4 is 0 Å². The first-order chi connectivity index (χ1) is 15.3. The Bertz CT molecular complexity index is 725. The van der Waals surface area contributed by atoms with Gasteiger partial charge in [-0.2, -0.15) is 0 Å². The molecule has 0 aliphatic heterocycles. The van der Waals surface area contributed by atoms with Crippen molar-refractivity contribution in [2.24, 2.45) is 5.92 Å². The van der Waals surface area contributed by atoms with Gasteiger partial charge in [0.05, 0.1) is 27.7 Å². The summed E-state index contributed by atoms with van der Waals surface area (Å²) in [4.78, 5) is 0. The number of nitrogens with zero attached hydrogens (tertiary/aromatic N) is 1. The molecule has 0 aromatic heterocycles. The molecule has 0 N–H and O–H groups in total. The van der Waals surface area contributed by atoms with E-state index in [1.54, 1.807) is 0 Å². The van der Waals surface area contributed by atoms with Crippen molar-refractivity contribution in [3.8, 4) is 0 Å². The van der Waals surface area contributed by atoms with Crippen LogP contribution in [0.5, 0.6) is 0 Å². The van der Waals surface area contributed by atoms with Gasteiger partial charge in [0.2, 0.25) is 0 Å². The SMILES string of the molecule is CCC(CCCCCC(CC)c1ccccc1)CC(C)c1ccc(CC[N+](C)(C)C)cc1. The molecule has 2 aromatic carbocycles. The molecule has 178 valence electrons. The second kappa shape index (κ2) is 13.8. The molecule has 0 heterocycles. The molecule has 0 spiro atoms. The number of likely N-dealkylation sites (N-methyl/N-ethyl adjacent to an activating group) is 1. The van der Waals surface area contributed by atoms with E-state index in [-0.39, 0.29) is 0 Å². The van der Waals surface area contributed by atoms with Gasteiger partial charge in [0.1, 0.15) is 0 Å². The smallest absolute Gasteiger partial charge is 0.0821 e. The lowest BCUT2D eigenvalue weighted by molar-refractivity contribution is -0.870. The van der Waals surface area contributed by atoms with Gasteiger partial charge < -0.3 is 4.48 Å². The lowest BCUT2D eigenvalue weighted by atomic mass is 9.85. The fraction of sp³-hybridized carbons (Fsp3) is 0.613. The summed E-state index contributed by atoms with van der Waals surface area (Å²) in [5.74, 6) is 2.26. The molecule has 0 radical (unpaired) electrons. The first-order valence-corrected chi connectivity index (χ1v) is 13.3. The van der Waals surface area contributed by atoms with E-state index in [0.29, 0.717) is 5.92 Å². The molecular formula is C31H50N+. The summed E-state index contributed by atoms with van der Waals surface area (Å²) in [5, 5.41) is 0. The Morgan fingerprint density at radius 1 is 0.719 bits per heavy atom. The van der Waals surface area contributed by atoms with Crippen molar-refractivity contribution in [1.29, 1.82) is 0 Å². The highest BCUT2D eigenvalue weighted by Gasteiger charge is 2.14. The molecule has 0 aliphatic carbocycles. The second-order valence-corrected chi connectivity index (χ2v) is 11.1. The standard InChI is InChI=1S/C31H50N/c1-7-27(15-11-9-12-16-29(8-2)31-17-13-10-14-18-31)25-26(3)30-21-19-28(20-22-30)23-24-32(4,5)6/h10,13-14,17-22,26-27,29H,7-9,11-12,15-16,23-25H2,1-6H3/q+1. The maximum Gasteiger partial charge on any atom is 0.0821 e. The lowest BCUT2D eigenvalue weighted by Crippen LogP contribution is -2.36. The molecular weight excluding hydrogens is 386 g/mol. The zero-order valence-electron chi connectivity index (χ0n) is 21.9. The number of benzene rings is 2. The fourth-order valence-electron chi connectivity index (χ4n) is 4.93. The van der Waals surface area contributed by atoms with Crippen LogP contribution in [0, 0.1) is 5.92 Å². The van der Waals surface area contributed by atoms with Crippen LogP contribution in [0.1, 0.15) is 101 Å². The minimum Gasteiger partial charge on any atom is -0.331 e. The fourth-order valence-corrected chi connectivity index (χ4v) is 4.93. The molecule has 0 aliphatic rings. The normalized spacial score (nSPS) is 14.8. The number of rotatable bonds is 15. The molecule has 0 bridgehead atoms. The minimum absolute atomic E-state index is 0.662. The monoisotopic (exact) mass is 436 g/mol.